The zero-order valence-electron chi connectivity index (χ0n) is 30.2. The van der Waals surface area contributed by atoms with Gasteiger partial charge in [-0.2, -0.15) is 0 Å². The number of primary amides is 1. The summed E-state index contributed by atoms with van der Waals surface area (Å²) in [6, 6.07) is 4.33. The van der Waals surface area contributed by atoms with Gasteiger partial charge in [0.1, 0.15) is 12.1 Å². The number of carbonyl (C=O) groups excluding carboxylic acids is 5. The quantitative estimate of drug-likeness (QED) is 0.228. The van der Waals surface area contributed by atoms with Gasteiger partial charge in [-0.15, -0.1) is 0 Å². The fourth-order valence-electron chi connectivity index (χ4n) is 7.33. The average molecular weight is 702 g/mol. The highest BCUT2D eigenvalue weighted by molar-refractivity contribution is 7.90. The lowest BCUT2D eigenvalue weighted by Crippen LogP contribution is -2.62. The lowest BCUT2D eigenvalue weighted by atomic mass is 9.80. The summed E-state index contributed by atoms with van der Waals surface area (Å²) in [5.74, 6) is -3.32. The van der Waals surface area contributed by atoms with E-state index in [1.54, 1.807) is 45.0 Å². The lowest BCUT2D eigenvalue weighted by Gasteiger charge is -2.39. The van der Waals surface area contributed by atoms with Crippen molar-refractivity contribution in [1.29, 1.82) is 0 Å². The van der Waals surface area contributed by atoms with Crippen LogP contribution in [0.4, 0.5) is 4.79 Å². The minimum absolute atomic E-state index is 0.0404. The van der Waals surface area contributed by atoms with Crippen molar-refractivity contribution < 1.29 is 32.4 Å². The summed E-state index contributed by atoms with van der Waals surface area (Å²) >= 11 is 0. The molecule has 0 bridgehead atoms. The summed E-state index contributed by atoms with van der Waals surface area (Å²) in [5.41, 5.74) is 4.34. The number of benzene rings is 1. The van der Waals surface area contributed by atoms with Gasteiger partial charge in [0.25, 0.3) is 5.91 Å². The number of Topliss-reactive ketones (excluding diaryl/α,β-unsaturated/α-hetero) is 1. The maximum atomic E-state index is 14.4. The highest BCUT2D eigenvalue weighted by Gasteiger charge is 2.70. The maximum absolute atomic E-state index is 14.4. The first-order valence-electron chi connectivity index (χ1n) is 17.3. The number of nitrogens with two attached hydrogens (primary N) is 1. The second-order valence-corrected chi connectivity index (χ2v) is 19.2. The third kappa shape index (κ3) is 9.01. The van der Waals surface area contributed by atoms with E-state index in [0.717, 1.165) is 19.3 Å². The van der Waals surface area contributed by atoms with Gasteiger partial charge in [-0.25, -0.2) is 13.2 Å². The molecule has 1 aromatic rings. The van der Waals surface area contributed by atoms with Gasteiger partial charge in [0.15, 0.2) is 9.84 Å². The van der Waals surface area contributed by atoms with Crippen LogP contribution in [0.3, 0.4) is 0 Å². The molecule has 1 aliphatic heterocycles. The first-order chi connectivity index (χ1) is 22.5. The molecule has 2 aliphatic carbocycles. The van der Waals surface area contributed by atoms with Crippen LogP contribution in [0.1, 0.15) is 86.6 Å². The molecule has 6 atom stereocenters. The van der Waals surface area contributed by atoms with Crippen molar-refractivity contribution in [3.05, 3.63) is 35.9 Å². The number of rotatable bonds is 13. The molecule has 12 nitrogen and oxygen atoms in total. The van der Waals surface area contributed by atoms with E-state index in [9.17, 15) is 32.4 Å². The van der Waals surface area contributed by atoms with E-state index in [1.807, 2.05) is 40.7 Å². The maximum Gasteiger partial charge on any atom is 0.315 e. The molecule has 0 spiro atoms. The zero-order valence-corrected chi connectivity index (χ0v) is 31.0. The van der Waals surface area contributed by atoms with Crippen molar-refractivity contribution in [2.75, 3.05) is 12.3 Å². The third-order valence-corrected chi connectivity index (χ3v) is 12.4. The standard InChI is InChI=1S/C36H55N5O7S/c1-34(2,3)25(20-49(47,48)19-22-13-10-9-11-14-22)39-33(46)40-29(35(4,5)6)32(45)41-18-23-26(36(23,7)8)27(41)31(44)38-24(28(42)30(37)43)17-21-15-12-16-21/h9-11,13-14,21,23-27,29H,12,15-20H2,1-8H3,(H2,37,43)(H,38,44)(H2,39,40,46)/t23?,24?,25-,26+,27+,29-/m1/s1. The molecule has 1 aromatic carbocycles. The Hall–Kier alpha value is -3.48. The smallest absolute Gasteiger partial charge is 0.315 e. The number of likely N-dealkylation sites (tertiary alicyclic amines) is 1. The van der Waals surface area contributed by atoms with Crippen molar-refractivity contribution in [2.45, 2.75) is 111 Å². The number of piperidine rings is 1. The second-order valence-electron chi connectivity index (χ2n) is 17.1. The van der Waals surface area contributed by atoms with Gasteiger partial charge < -0.3 is 26.6 Å². The molecule has 3 aliphatic rings. The second kappa shape index (κ2) is 14.0. The number of sulfone groups is 1. The summed E-state index contributed by atoms with van der Waals surface area (Å²) in [7, 11) is -3.62. The average Bonchev–Trinajstić information content (AvgIpc) is 3.26. The number of hydrogen-bond donors (Lipinski definition) is 4. The minimum atomic E-state index is -3.62. The summed E-state index contributed by atoms with van der Waals surface area (Å²) < 4.78 is 26.4. The molecule has 0 radical (unpaired) electrons. The molecule has 3 fully saturated rings. The number of carbonyl (C=O) groups is 5. The number of nitrogens with one attached hydrogen (secondary N) is 3. The number of ketones is 1. The molecule has 2 saturated carbocycles. The summed E-state index contributed by atoms with van der Waals surface area (Å²) in [4.78, 5) is 68.0. The highest BCUT2D eigenvalue weighted by Crippen LogP contribution is 2.65. The Bertz CT molecular complexity index is 1540. The molecule has 5 N–H and O–H groups in total. The van der Waals surface area contributed by atoms with Gasteiger partial charge in [-0.3, -0.25) is 19.2 Å². The molecule has 272 valence electrons. The lowest BCUT2D eigenvalue weighted by molar-refractivity contribution is -0.145. The van der Waals surface area contributed by atoms with E-state index in [4.69, 9.17) is 5.73 Å². The van der Waals surface area contributed by atoms with Crippen LogP contribution in [0, 0.1) is 34.0 Å². The van der Waals surface area contributed by atoms with E-state index in [1.165, 1.54) is 4.90 Å². The first kappa shape index (κ1) is 38.3. The first-order valence-corrected chi connectivity index (χ1v) is 19.1. The van der Waals surface area contributed by atoms with Crippen LogP contribution in [0.5, 0.6) is 0 Å². The fraction of sp³-hybridized carbons (Fsp3) is 0.694. The van der Waals surface area contributed by atoms with Crippen molar-refractivity contribution in [2.24, 2.45) is 39.7 Å². The zero-order chi connectivity index (χ0) is 36.7. The third-order valence-electron chi connectivity index (χ3n) is 10.8. The van der Waals surface area contributed by atoms with Crippen molar-refractivity contribution in [1.82, 2.24) is 20.9 Å². The number of fused-ring (bicyclic) bond motifs is 1. The van der Waals surface area contributed by atoms with E-state index in [0.29, 0.717) is 18.5 Å². The predicted molar refractivity (Wildman–Crippen MR) is 186 cm³/mol. The molecule has 0 aromatic heterocycles. The topological polar surface area (TPSA) is 185 Å². The Morgan fingerprint density at radius 2 is 1.55 bits per heavy atom. The highest BCUT2D eigenvalue weighted by atomic mass is 32.2. The number of hydrogen-bond acceptors (Lipinski definition) is 7. The molecule has 4 rings (SSSR count). The molecule has 5 amide bonds. The molecular formula is C36H55N5O7S. The van der Waals surface area contributed by atoms with Crippen LogP contribution >= 0.6 is 0 Å². The molecular weight excluding hydrogens is 646 g/mol. The Balaban J connectivity index is 1.52. The van der Waals surface area contributed by atoms with Crippen molar-refractivity contribution in [3.8, 4) is 0 Å². The van der Waals surface area contributed by atoms with Gasteiger partial charge in [0.05, 0.1) is 17.5 Å². The van der Waals surface area contributed by atoms with Crippen LogP contribution in [-0.2, 0) is 34.8 Å². The Labute approximate surface area is 291 Å². The van der Waals surface area contributed by atoms with Crippen molar-refractivity contribution >= 4 is 39.4 Å². The number of amides is 5. The van der Waals surface area contributed by atoms with E-state index in [2.05, 4.69) is 16.0 Å². The number of nitrogens with zero attached hydrogens (tertiary/aromatic N) is 1. The van der Waals surface area contributed by atoms with Gasteiger partial charge in [0, 0.05) is 12.6 Å². The number of urea groups is 1. The Morgan fingerprint density at radius 3 is 2.06 bits per heavy atom. The van der Waals surface area contributed by atoms with Crippen LogP contribution in [0.15, 0.2) is 30.3 Å². The van der Waals surface area contributed by atoms with Gasteiger partial charge in [-0.1, -0.05) is 105 Å². The molecule has 13 heteroatoms. The molecule has 1 saturated heterocycles. The van der Waals surface area contributed by atoms with Crippen LogP contribution < -0.4 is 21.7 Å². The summed E-state index contributed by atoms with van der Waals surface area (Å²) in [6.45, 7) is 15.3. The molecule has 49 heavy (non-hydrogen) atoms. The normalized spacial score (nSPS) is 23.7. The van der Waals surface area contributed by atoms with Crippen LogP contribution in [0.2, 0.25) is 0 Å². The monoisotopic (exact) mass is 701 g/mol. The largest absolute Gasteiger partial charge is 0.363 e. The SMILES string of the molecule is CC(C)(C)[C@H](NC(=O)N[C@H](CS(=O)(=O)Cc1ccccc1)C(C)(C)C)C(=O)N1CC2[C@@H]([C@H]1C(=O)NC(CC1CCC1)C(=O)C(N)=O)C2(C)C. The Morgan fingerprint density at radius 1 is 0.939 bits per heavy atom. The van der Waals surface area contributed by atoms with E-state index < -0.39 is 74.4 Å². The van der Waals surface area contributed by atoms with Crippen molar-refractivity contribution in [3.63, 3.8) is 0 Å². The predicted octanol–water partition coefficient (Wildman–Crippen LogP) is 2.94. The van der Waals surface area contributed by atoms with Crippen LogP contribution in [0.25, 0.3) is 0 Å². The van der Waals surface area contributed by atoms with E-state index >= 15 is 0 Å². The Kier molecular flexibility index (Phi) is 11.0. The van der Waals surface area contributed by atoms with Gasteiger partial charge in [0.2, 0.25) is 17.6 Å². The molecule has 1 heterocycles. The van der Waals surface area contributed by atoms with E-state index in [-0.39, 0.29) is 34.7 Å². The summed E-state index contributed by atoms with van der Waals surface area (Å²) in [5, 5.41) is 8.42. The minimum Gasteiger partial charge on any atom is -0.363 e. The van der Waals surface area contributed by atoms with Crippen LogP contribution in [-0.4, -0.2) is 79.3 Å². The van der Waals surface area contributed by atoms with Gasteiger partial charge >= 0.3 is 6.03 Å². The summed E-state index contributed by atoms with van der Waals surface area (Å²) in [6.07, 6.45) is 3.14. The molecule has 2 unspecified atom stereocenters. The fourth-order valence-corrected chi connectivity index (χ4v) is 9.24. The van der Waals surface area contributed by atoms with Gasteiger partial charge in [-0.05, 0) is 46.0 Å².